The lowest BCUT2D eigenvalue weighted by Crippen LogP contribution is -2.25. The summed E-state index contributed by atoms with van der Waals surface area (Å²) in [6.45, 7) is 3.17. The summed E-state index contributed by atoms with van der Waals surface area (Å²) in [5.41, 5.74) is 5.15. The zero-order valence-corrected chi connectivity index (χ0v) is 11.8. The normalized spacial score (nSPS) is 14.3. The van der Waals surface area contributed by atoms with Gasteiger partial charge in [-0.15, -0.1) is 11.6 Å². The molecule has 0 atom stereocenters. The predicted octanol–water partition coefficient (Wildman–Crippen LogP) is 4.21. The van der Waals surface area contributed by atoms with Gasteiger partial charge in [0.15, 0.2) is 0 Å². The van der Waals surface area contributed by atoms with Gasteiger partial charge in [-0.05, 0) is 49.1 Å². The number of hydrogen-bond acceptors (Lipinski definition) is 2. The van der Waals surface area contributed by atoms with Crippen LogP contribution in [0.25, 0.3) is 0 Å². The Labute approximate surface area is 119 Å². The van der Waals surface area contributed by atoms with E-state index in [0.29, 0.717) is 5.88 Å². The second-order valence-electron chi connectivity index (χ2n) is 5.04. The minimum Gasteiger partial charge on any atom is -0.326 e. The van der Waals surface area contributed by atoms with Crippen molar-refractivity contribution in [3.63, 3.8) is 0 Å². The van der Waals surface area contributed by atoms with E-state index in [1.54, 1.807) is 0 Å². The van der Waals surface area contributed by atoms with Gasteiger partial charge >= 0.3 is 0 Å². The molecule has 0 unspecified atom stereocenters. The Morgan fingerprint density at radius 1 is 1.26 bits per heavy atom. The maximum Gasteiger partial charge on any atom is 0.133 e. The van der Waals surface area contributed by atoms with E-state index >= 15 is 0 Å². The van der Waals surface area contributed by atoms with Gasteiger partial charge in [0.25, 0.3) is 0 Å². The number of rotatable bonds is 2. The number of nitrogens with zero attached hydrogens (tertiary/aromatic N) is 2. The summed E-state index contributed by atoms with van der Waals surface area (Å²) < 4.78 is 0. The molecule has 0 radical (unpaired) electrons. The molecule has 1 aliphatic rings. The van der Waals surface area contributed by atoms with Crippen molar-refractivity contribution in [2.24, 2.45) is 0 Å². The van der Waals surface area contributed by atoms with Crippen molar-refractivity contribution in [1.82, 2.24) is 4.98 Å². The van der Waals surface area contributed by atoms with Gasteiger partial charge in [-0.25, -0.2) is 4.98 Å². The van der Waals surface area contributed by atoms with Gasteiger partial charge in [0.1, 0.15) is 5.82 Å². The Morgan fingerprint density at radius 2 is 2.16 bits per heavy atom. The summed E-state index contributed by atoms with van der Waals surface area (Å²) in [7, 11) is 0. The molecule has 0 amide bonds. The third-order valence-corrected chi connectivity index (χ3v) is 3.90. The number of pyridine rings is 1. The van der Waals surface area contributed by atoms with Gasteiger partial charge in [-0.2, -0.15) is 0 Å². The van der Waals surface area contributed by atoms with Gasteiger partial charge < -0.3 is 4.90 Å². The third kappa shape index (κ3) is 2.45. The molecule has 2 heterocycles. The first kappa shape index (κ1) is 12.5. The molecule has 3 heteroatoms. The van der Waals surface area contributed by atoms with Crippen LogP contribution in [-0.2, 0) is 12.3 Å². The fraction of sp³-hybridized carbons (Fsp3) is 0.312. The zero-order chi connectivity index (χ0) is 13.2. The Hall–Kier alpha value is -1.54. The fourth-order valence-corrected chi connectivity index (χ4v) is 2.82. The Kier molecular flexibility index (Phi) is 3.43. The number of hydrogen-bond donors (Lipinski definition) is 0. The highest BCUT2D eigenvalue weighted by molar-refractivity contribution is 6.17. The first-order chi connectivity index (χ1) is 9.28. The Balaban J connectivity index is 2.03. The lowest BCUT2D eigenvalue weighted by atomic mass is 9.99. The van der Waals surface area contributed by atoms with Gasteiger partial charge in [-0.1, -0.05) is 17.7 Å². The summed E-state index contributed by atoms with van der Waals surface area (Å²) in [6.07, 6.45) is 4.17. The van der Waals surface area contributed by atoms with Crippen LogP contribution >= 0.6 is 11.6 Å². The van der Waals surface area contributed by atoms with Crippen molar-refractivity contribution in [3.8, 4) is 0 Å². The first-order valence-corrected chi connectivity index (χ1v) is 7.19. The minimum absolute atomic E-state index is 0.532. The minimum atomic E-state index is 0.532. The summed E-state index contributed by atoms with van der Waals surface area (Å²) in [4.78, 5) is 6.80. The quantitative estimate of drug-likeness (QED) is 0.761. The second kappa shape index (κ2) is 5.22. The molecule has 0 aliphatic carbocycles. The standard InChI is InChI=1S/C16H17ClN2/c1-12-4-5-15-14(9-12)3-2-8-19(15)16-10-13(11-17)6-7-18-16/h4-7,9-10H,2-3,8,11H2,1H3. The Morgan fingerprint density at radius 3 is 3.00 bits per heavy atom. The van der Waals surface area contributed by atoms with E-state index in [1.165, 1.54) is 23.2 Å². The number of aromatic nitrogens is 1. The largest absolute Gasteiger partial charge is 0.326 e. The van der Waals surface area contributed by atoms with E-state index in [1.807, 2.05) is 12.3 Å². The van der Waals surface area contributed by atoms with Gasteiger partial charge in [-0.3, -0.25) is 0 Å². The molecule has 3 rings (SSSR count). The molecule has 0 bridgehead atoms. The maximum atomic E-state index is 5.91. The number of alkyl halides is 1. The predicted molar refractivity (Wildman–Crippen MR) is 80.3 cm³/mol. The summed E-state index contributed by atoms with van der Waals surface area (Å²) >= 11 is 5.91. The van der Waals surface area contributed by atoms with E-state index in [-0.39, 0.29) is 0 Å². The van der Waals surface area contributed by atoms with Crippen molar-refractivity contribution in [3.05, 3.63) is 53.2 Å². The summed E-state index contributed by atoms with van der Waals surface area (Å²) in [6, 6.07) is 10.7. The third-order valence-electron chi connectivity index (χ3n) is 3.59. The van der Waals surface area contributed by atoms with Crippen LogP contribution in [-0.4, -0.2) is 11.5 Å². The van der Waals surface area contributed by atoms with E-state index < -0.39 is 0 Å². The molecule has 1 aliphatic heterocycles. The number of anilines is 2. The molecule has 1 aromatic heterocycles. The molecule has 0 saturated heterocycles. The molecule has 2 nitrogen and oxygen atoms in total. The number of benzene rings is 1. The van der Waals surface area contributed by atoms with Crippen molar-refractivity contribution < 1.29 is 0 Å². The fourth-order valence-electron chi connectivity index (χ4n) is 2.66. The van der Waals surface area contributed by atoms with Gasteiger partial charge in [0.2, 0.25) is 0 Å². The molecule has 0 fully saturated rings. The lowest BCUT2D eigenvalue weighted by molar-refractivity contribution is 0.758. The summed E-state index contributed by atoms with van der Waals surface area (Å²) in [5, 5.41) is 0. The van der Waals surface area contributed by atoms with Crippen LogP contribution in [0, 0.1) is 6.92 Å². The molecular formula is C16H17ClN2. The highest BCUT2D eigenvalue weighted by Crippen LogP contribution is 2.33. The van der Waals surface area contributed by atoms with Gasteiger partial charge in [0, 0.05) is 24.3 Å². The lowest BCUT2D eigenvalue weighted by Gasteiger charge is -2.30. The first-order valence-electron chi connectivity index (χ1n) is 6.66. The molecule has 0 saturated carbocycles. The van der Waals surface area contributed by atoms with Crippen molar-refractivity contribution >= 4 is 23.1 Å². The van der Waals surface area contributed by atoms with Crippen molar-refractivity contribution in [2.45, 2.75) is 25.6 Å². The van der Waals surface area contributed by atoms with E-state index in [4.69, 9.17) is 11.6 Å². The van der Waals surface area contributed by atoms with Crippen molar-refractivity contribution in [1.29, 1.82) is 0 Å². The van der Waals surface area contributed by atoms with E-state index in [0.717, 1.165) is 24.3 Å². The average Bonchev–Trinajstić information content (AvgIpc) is 2.46. The molecule has 98 valence electrons. The SMILES string of the molecule is Cc1ccc2c(c1)CCCN2c1cc(CCl)ccn1. The molecule has 0 N–H and O–H groups in total. The molecule has 0 spiro atoms. The highest BCUT2D eigenvalue weighted by atomic mass is 35.5. The topological polar surface area (TPSA) is 16.1 Å². The maximum absolute atomic E-state index is 5.91. The van der Waals surface area contributed by atoms with Crippen molar-refractivity contribution in [2.75, 3.05) is 11.4 Å². The smallest absolute Gasteiger partial charge is 0.133 e. The van der Waals surface area contributed by atoms with Crippen LogP contribution < -0.4 is 4.90 Å². The highest BCUT2D eigenvalue weighted by Gasteiger charge is 2.19. The monoisotopic (exact) mass is 272 g/mol. The Bertz CT molecular complexity index is 595. The van der Waals surface area contributed by atoms with Gasteiger partial charge in [0.05, 0.1) is 0 Å². The number of aryl methyl sites for hydroxylation is 2. The van der Waals surface area contributed by atoms with Crippen LogP contribution in [0.4, 0.5) is 11.5 Å². The van der Waals surface area contributed by atoms with E-state index in [2.05, 4.69) is 41.1 Å². The van der Waals surface area contributed by atoms with Crippen LogP contribution in [0.5, 0.6) is 0 Å². The number of halogens is 1. The molecule has 2 aromatic rings. The van der Waals surface area contributed by atoms with E-state index in [9.17, 15) is 0 Å². The average molecular weight is 273 g/mol. The second-order valence-corrected chi connectivity index (χ2v) is 5.31. The molecule has 1 aromatic carbocycles. The number of fused-ring (bicyclic) bond motifs is 1. The molecular weight excluding hydrogens is 256 g/mol. The van der Waals surface area contributed by atoms with Crippen LogP contribution in [0.1, 0.15) is 23.1 Å². The molecule has 19 heavy (non-hydrogen) atoms. The van der Waals surface area contributed by atoms with Crippen LogP contribution in [0.2, 0.25) is 0 Å². The zero-order valence-electron chi connectivity index (χ0n) is 11.1. The van der Waals surface area contributed by atoms with Crippen LogP contribution in [0.3, 0.4) is 0 Å². The summed E-state index contributed by atoms with van der Waals surface area (Å²) in [5.74, 6) is 1.53. The van der Waals surface area contributed by atoms with Crippen LogP contribution in [0.15, 0.2) is 36.5 Å².